The molecule has 2 aromatic carbocycles. The van der Waals surface area contributed by atoms with Crippen LogP contribution in [0.25, 0.3) is 10.8 Å². The maximum Gasteiger partial charge on any atom is 0.126 e. The number of fused-ring (bicyclic) bond motifs is 1. The van der Waals surface area contributed by atoms with E-state index in [0.717, 1.165) is 16.7 Å². The van der Waals surface area contributed by atoms with Crippen molar-refractivity contribution in [2.75, 3.05) is 7.11 Å². The minimum atomic E-state index is 0.532. The van der Waals surface area contributed by atoms with Gasteiger partial charge in [-0.1, -0.05) is 30.3 Å². The number of alkyl halides is 1. The lowest BCUT2D eigenvalue weighted by Gasteiger charge is -2.07. The van der Waals surface area contributed by atoms with Gasteiger partial charge in [-0.2, -0.15) is 0 Å². The molecule has 0 N–H and O–H groups in total. The molecule has 0 saturated carbocycles. The highest BCUT2D eigenvalue weighted by Crippen LogP contribution is 2.28. The Balaban J connectivity index is 2.78. The van der Waals surface area contributed by atoms with E-state index in [-0.39, 0.29) is 0 Å². The third-order valence-electron chi connectivity index (χ3n) is 2.34. The van der Waals surface area contributed by atoms with Gasteiger partial charge in [-0.05, 0) is 17.0 Å². The Morgan fingerprint density at radius 2 is 1.79 bits per heavy atom. The maximum absolute atomic E-state index is 5.86. The zero-order chi connectivity index (χ0) is 9.97. The van der Waals surface area contributed by atoms with Gasteiger partial charge in [0.05, 0.1) is 7.11 Å². The summed E-state index contributed by atoms with van der Waals surface area (Å²) in [4.78, 5) is 0. The van der Waals surface area contributed by atoms with Gasteiger partial charge < -0.3 is 4.74 Å². The number of rotatable bonds is 2. The second kappa shape index (κ2) is 3.89. The maximum atomic E-state index is 5.86. The fourth-order valence-corrected chi connectivity index (χ4v) is 1.86. The number of hydrogen-bond acceptors (Lipinski definition) is 1. The monoisotopic (exact) mass is 206 g/mol. The smallest absolute Gasteiger partial charge is 0.126 e. The van der Waals surface area contributed by atoms with E-state index in [1.807, 2.05) is 30.3 Å². The second-order valence-corrected chi connectivity index (χ2v) is 3.37. The van der Waals surface area contributed by atoms with Crippen molar-refractivity contribution in [2.45, 2.75) is 5.88 Å². The van der Waals surface area contributed by atoms with Crippen LogP contribution in [0.5, 0.6) is 5.75 Å². The summed E-state index contributed by atoms with van der Waals surface area (Å²) in [5.74, 6) is 1.43. The Kier molecular flexibility index (Phi) is 2.60. The van der Waals surface area contributed by atoms with Crippen LogP contribution in [0.4, 0.5) is 0 Å². The quantitative estimate of drug-likeness (QED) is 0.683. The predicted octanol–water partition coefficient (Wildman–Crippen LogP) is 3.59. The molecular formula is C12H11ClO. The summed E-state index contributed by atoms with van der Waals surface area (Å²) in [5.41, 5.74) is 1.14. The van der Waals surface area contributed by atoms with Crippen molar-refractivity contribution in [1.82, 2.24) is 0 Å². The lowest BCUT2D eigenvalue weighted by Crippen LogP contribution is -1.87. The molecule has 0 radical (unpaired) electrons. The van der Waals surface area contributed by atoms with Crippen LogP contribution in [-0.2, 0) is 5.88 Å². The van der Waals surface area contributed by atoms with Crippen LogP contribution in [0, 0.1) is 0 Å². The topological polar surface area (TPSA) is 9.23 Å². The van der Waals surface area contributed by atoms with E-state index < -0.39 is 0 Å². The number of hydrogen-bond donors (Lipinski definition) is 0. The van der Waals surface area contributed by atoms with Gasteiger partial charge in [0.2, 0.25) is 0 Å². The summed E-state index contributed by atoms with van der Waals surface area (Å²) >= 11 is 5.86. The fourth-order valence-electron chi connectivity index (χ4n) is 1.63. The average Bonchev–Trinajstić information content (AvgIpc) is 2.27. The normalized spacial score (nSPS) is 10.4. The molecule has 72 valence electrons. The van der Waals surface area contributed by atoms with Crippen molar-refractivity contribution in [1.29, 1.82) is 0 Å². The third-order valence-corrected chi connectivity index (χ3v) is 2.63. The van der Waals surface area contributed by atoms with Crippen molar-refractivity contribution >= 4 is 22.4 Å². The zero-order valence-corrected chi connectivity index (χ0v) is 8.71. The van der Waals surface area contributed by atoms with Gasteiger partial charge in [-0.15, -0.1) is 11.6 Å². The molecule has 14 heavy (non-hydrogen) atoms. The van der Waals surface area contributed by atoms with Gasteiger partial charge in [-0.25, -0.2) is 0 Å². The van der Waals surface area contributed by atoms with E-state index >= 15 is 0 Å². The second-order valence-electron chi connectivity index (χ2n) is 3.11. The summed E-state index contributed by atoms with van der Waals surface area (Å²) in [7, 11) is 1.68. The molecule has 0 heterocycles. The highest BCUT2D eigenvalue weighted by atomic mass is 35.5. The fraction of sp³-hybridized carbons (Fsp3) is 0.167. The van der Waals surface area contributed by atoms with Gasteiger partial charge in [0, 0.05) is 11.3 Å². The first-order chi connectivity index (χ1) is 6.86. The van der Waals surface area contributed by atoms with Crippen molar-refractivity contribution in [3.8, 4) is 5.75 Å². The van der Waals surface area contributed by atoms with E-state index in [2.05, 4.69) is 6.07 Å². The molecule has 0 unspecified atom stereocenters. The Labute approximate surface area is 88.3 Å². The summed E-state index contributed by atoms with van der Waals surface area (Å²) in [6, 6.07) is 12.1. The first kappa shape index (κ1) is 9.35. The van der Waals surface area contributed by atoms with Crippen molar-refractivity contribution in [2.24, 2.45) is 0 Å². The van der Waals surface area contributed by atoms with Crippen LogP contribution in [0.1, 0.15) is 5.56 Å². The number of ether oxygens (including phenoxy) is 1. The molecule has 0 aliphatic carbocycles. The predicted molar refractivity (Wildman–Crippen MR) is 60.1 cm³/mol. The molecule has 1 nitrogen and oxygen atoms in total. The molecule has 0 aromatic heterocycles. The van der Waals surface area contributed by atoms with Gasteiger partial charge in [-0.3, -0.25) is 0 Å². The van der Waals surface area contributed by atoms with Crippen molar-refractivity contribution in [3.63, 3.8) is 0 Å². The van der Waals surface area contributed by atoms with Crippen LogP contribution in [0.15, 0.2) is 36.4 Å². The van der Waals surface area contributed by atoms with E-state index in [1.165, 1.54) is 5.39 Å². The summed E-state index contributed by atoms with van der Waals surface area (Å²) in [5, 5.41) is 2.29. The number of methoxy groups -OCH3 is 1. The lowest BCUT2D eigenvalue weighted by molar-refractivity contribution is 0.420. The van der Waals surface area contributed by atoms with E-state index in [9.17, 15) is 0 Å². The zero-order valence-electron chi connectivity index (χ0n) is 7.96. The molecule has 0 atom stereocenters. The van der Waals surface area contributed by atoms with Gasteiger partial charge in [0.15, 0.2) is 0 Å². The Hall–Kier alpha value is -1.21. The first-order valence-corrected chi connectivity index (χ1v) is 5.01. The standard InChI is InChI=1S/C12H11ClO/c1-14-12-7-6-9(8-13)10-4-2-3-5-11(10)12/h2-7H,8H2,1H3. The Bertz CT molecular complexity index is 409. The molecular weight excluding hydrogens is 196 g/mol. The van der Waals surface area contributed by atoms with Crippen LogP contribution in [0.2, 0.25) is 0 Å². The van der Waals surface area contributed by atoms with Crippen molar-refractivity contribution < 1.29 is 4.74 Å². The minimum absolute atomic E-state index is 0.532. The lowest BCUT2D eigenvalue weighted by atomic mass is 10.0. The van der Waals surface area contributed by atoms with Crippen LogP contribution in [-0.4, -0.2) is 7.11 Å². The largest absolute Gasteiger partial charge is 0.496 e. The highest BCUT2D eigenvalue weighted by Gasteiger charge is 2.03. The van der Waals surface area contributed by atoms with Crippen molar-refractivity contribution in [3.05, 3.63) is 42.0 Å². The Morgan fingerprint density at radius 3 is 2.43 bits per heavy atom. The molecule has 0 aliphatic rings. The Morgan fingerprint density at radius 1 is 1.07 bits per heavy atom. The molecule has 0 spiro atoms. The number of benzene rings is 2. The van der Waals surface area contributed by atoms with E-state index in [4.69, 9.17) is 16.3 Å². The third kappa shape index (κ3) is 1.44. The van der Waals surface area contributed by atoms with E-state index in [1.54, 1.807) is 7.11 Å². The van der Waals surface area contributed by atoms with Crippen LogP contribution < -0.4 is 4.74 Å². The molecule has 0 bridgehead atoms. The van der Waals surface area contributed by atoms with Gasteiger partial charge in [0.1, 0.15) is 5.75 Å². The molecule has 2 heteroatoms. The molecule has 2 aromatic rings. The molecule has 2 rings (SSSR count). The van der Waals surface area contributed by atoms with Gasteiger partial charge in [0.25, 0.3) is 0 Å². The highest BCUT2D eigenvalue weighted by molar-refractivity contribution is 6.18. The molecule has 0 amide bonds. The van der Waals surface area contributed by atoms with Crippen LogP contribution >= 0.6 is 11.6 Å². The summed E-state index contributed by atoms with van der Waals surface area (Å²) in [6.45, 7) is 0. The first-order valence-electron chi connectivity index (χ1n) is 4.47. The SMILES string of the molecule is COc1ccc(CCl)c2ccccc12. The summed E-state index contributed by atoms with van der Waals surface area (Å²) in [6.07, 6.45) is 0. The molecule has 0 aliphatic heterocycles. The van der Waals surface area contributed by atoms with Crippen LogP contribution in [0.3, 0.4) is 0 Å². The number of halogens is 1. The average molecular weight is 207 g/mol. The van der Waals surface area contributed by atoms with Gasteiger partial charge >= 0.3 is 0 Å². The van der Waals surface area contributed by atoms with E-state index in [0.29, 0.717) is 5.88 Å². The molecule has 0 saturated heterocycles. The summed E-state index contributed by atoms with van der Waals surface area (Å²) < 4.78 is 5.28. The minimum Gasteiger partial charge on any atom is -0.496 e. The molecule has 0 fully saturated rings.